The summed E-state index contributed by atoms with van der Waals surface area (Å²) in [7, 11) is 0. The standard InChI is InChI=1S/C18H16Cl2N4O2/c19-15-6-14(7-16(20)9-15)12-23-5-4-22-18(23)11-21-10-13-2-1-3-17(8-13)24(25)26/h1-9,21H,10-12H2. The second kappa shape index (κ2) is 8.31. The Morgan fingerprint density at radius 2 is 1.85 bits per heavy atom. The minimum absolute atomic E-state index is 0.0867. The number of nitrogens with zero attached hydrogens (tertiary/aromatic N) is 3. The van der Waals surface area contributed by atoms with E-state index >= 15 is 0 Å². The zero-order valence-electron chi connectivity index (χ0n) is 13.7. The Morgan fingerprint density at radius 3 is 2.58 bits per heavy atom. The molecule has 26 heavy (non-hydrogen) atoms. The number of non-ortho nitro benzene ring substituents is 1. The molecule has 1 heterocycles. The first kappa shape index (κ1) is 18.4. The highest BCUT2D eigenvalue weighted by Crippen LogP contribution is 2.20. The number of halogens is 2. The van der Waals surface area contributed by atoms with E-state index in [-0.39, 0.29) is 5.69 Å². The fraction of sp³-hybridized carbons (Fsp3) is 0.167. The Bertz CT molecular complexity index is 907. The van der Waals surface area contributed by atoms with Crippen LogP contribution in [0.5, 0.6) is 0 Å². The maximum absolute atomic E-state index is 10.8. The Hall–Kier alpha value is -2.41. The minimum atomic E-state index is -0.396. The Morgan fingerprint density at radius 1 is 1.08 bits per heavy atom. The van der Waals surface area contributed by atoms with Gasteiger partial charge in [0.1, 0.15) is 5.82 Å². The van der Waals surface area contributed by atoms with E-state index in [0.29, 0.717) is 29.7 Å². The first-order valence-corrected chi connectivity index (χ1v) is 8.66. The maximum atomic E-state index is 10.8. The lowest BCUT2D eigenvalue weighted by atomic mass is 10.2. The SMILES string of the molecule is O=[N+]([O-])c1cccc(CNCc2nccn2Cc2cc(Cl)cc(Cl)c2)c1. The zero-order valence-corrected chi connectivity index (χ0v) is 15.2. The van der Waals surface area contributed by atoms with Gasteiger partial charge < -0.3 is 9.88 Å². The van der Waals surface area contributed by atoms with Crippen molar-refractivity contribution in [1.82, 2.24) is 14.9 Å². The number of hydrogen-bond acceptors (Lipinski definition) is 4. The molecule has 2 aromatic carbocycles. The summed E-state index contributed by atoms with van der Waals surface area (Å²) >= 11 is 12.1. The lowest BCUT2D eigenvalue weighted by Crippen LogP contribution is -2.17. The average Bonchev–Trinajstić information content (AvgIpc) is 3.01. The van der Waals surface area contributed by atoms with Crippen LogP contribution in [0.3, 0.4) is 0 Å². The van der Waals surface area contributed by atoms with Crippen LogP contribution in [0.15, 0.2) is 54.9 Å². The third-order valence-corrected chi connectivity index (χ3v) is 4.25. The molecular formula is C18H16Cl2N4O2. The highest BCUT2D eigenvalue weighted by atomic mass is 35.5. The third kappa shape index (κ3) is 4.82. The number of imidazole rings is 1. The second-order valence-electron chi connectivity index (χ2n) is 5.78. The number of benzene rings is 2. The number of rotatable bonds is 7. The molecule has 0 aliphatic rings. The van der Waals surface area contributed by atoms with E-state index in [2.05, 4.69) is 10.3 Å². The summed E-state index contributed by atoms with van der Waals surface area (Å²) in [5.41, 5.74) is 1.92. The Labute approximate surface area is 160 Å². The van der Waals surface area contributed by atoms with Crippen LogP contribution in [-0.2, 0) is 19.6 Å². The van der Waals surface area contributed by atoms with Gasteiger partial charge in [0.2, 0.25) is 0 Å². The van der Waals surface area contributed by atoms with Crippen molar-refractivity contribution >= 4 is 28.9 Å². The average molecular weight is 391 g/mol. The van der Waals surface area contributed by atoms with Gasteiger partial charge in [-0.05, 0) is 29.3 Å². The van der Waals surface area contributed by atoms with Gasteiger partial charge in [0.15, 0.2) is 0 Å². The molecule has 3 aromatic rings. The van der Waals surface area contributed by atoms with E-state index in [9.17, 15) is 10.1 Å². The maximum Gasteiger partial charge on any atom is 0.269 e. The number of nitro benzene ring substituents is 1. The van der Waals surface area contributed by atoms with Crippen molar-refractivity contribution in [3.8, 4) is 0 Å². The normalized spacial score (nSPS) is 10.8. The number of nitrogens with one attached hydrogen (secondary N) is 1. The van der Waals surface area contributed by atoms with Crippen LogP contribution in [0.2, 0.25) is 10.0 Å². The van der Waals surface area contributed by atoms with Crippen LogP contribution in [0.25, 0.3) is 0 Å². The number of hydrogen-bond donors (Lipinski definition) is 1. The van der Waals surface area contributed by atoms with E-state index in [1.54, 1.807) is 24.4 Å². The quantitative estimate of drug-likeness (QED) is 0.478. The second-order valence-corrected chi connectivity index (χ2v) is 6.65. The van der Waals surface area contributed by atoms with Gasteiger partial charge in [-0.25, -0.2) is 4.98 Å². The Balaban J connectivity index is 1.62. The topological polar surface area (TPSA) is 73.0 Å². The zero-order chi connectivity index (χ0) is 18.5. The van der Waals surface area contributed by atoms with Crippen LogP contribution < -0.4 is 5.32 Å². The summed E-state index contributed by atoms with van der Waals surface area (Å²) < 4.78 is 2.00. The first-order valence-electron chi connectivity index (χ1n) is 7.90. The molecule has 6 nitrogen and oxygen atoms in total. The van der Waals surface area contributed by atoms with E-state index in [1.165, 1.54) is 6.07 Å². The van der Waals surface area contributed by atoms with Gasteiger partial charge in [-0.15, -0.1) is 0 Å². The molecule has 1 N–H and O–H groups in total. The van der Waals surface area contributed by atoms with Gasteiger partial charge in [0.05, 0.1) is 11.5 Å². The summed E-state index contributed by atoms with van der Waals surface area (Å²) in [6, 6.07) is 12.0. The molecule has 0 saturated heterocycles. The van der Waals surface area contributed by atoms with E-state index in [1.807, 2.05) is 29.0 Å². The molecule has 0 bridgehead atoms. The highest BCUT2D eigenvalue weighted by Gasteiger charge is 2.07. The molecule has 0 fully saturated rings. The van der Waals surface area contributed by atoms with Crippen molar-refractivity contribution in [2.75, 3.05) is 0 Å². The van der Waals surface area contributed by atoms with Crippen LogP contribution in [0.4, 0.5) is 5.69 Å². The fourth-order valence-electron chi connectivity index (χ4n) is 2.65. The molecule has 3 rings (SSSR count). The monoisotopic (exact) mass is 390 g/mol. The van der Waals surface area contributed by atoms with E-state index in [4.69, 9.17) is 23.2 Å². The van der Waals surface area contributed by atoms with Crippen LogP contribution >= 0.6 is 23.2 Å². The highest BCUT2D eigenvalue weighted by molar-refractivity contribution is 6.34. The molecule has 0 aliphatic carbocycles. The summed E-state index contributed by atoms with van der Waals surface area (Å²) in [6.07, 6.45) is 3.62. The van der Waals surface area contributed by atoms with Crippen molar-refractivity contribution in [1.29, 1.82) is 0 Å². The van der Waals surface area contributed by atoms with Gasteiger partial charge in [0.25, 0.3) is 5.69 Å². The number of nitro groups is 1. The summed E-state index contributed by atoms with van der Waals surface area (Å²) in [6.45, 7) is 1.65. The smallest absolute Gasteiger partial charge is 0.269 e. The van der Waals surface area contributed by atoms with Crippen molar-refractivity contribution in [2.24, 2.45) is 0 Å². The molecule has 134 valence electrons. The van der Waals surface area contributed by atoms with Crippen molar-refractivity contribution in [3.63, 3.8) is 0 Å². The van der Waals surface area contributed by atoms with Gasteiger partial charge in [-0.3, -0.25) is 10.1 Å². The van der Waals surface area contributed by atoms with Gasteiger partial charge >= 0.3 is 0 Å². The molecule has 0 radical (unpaired) electrons. The van der Waals surface area contributed by atoms with Crippen molar-refractivity contribution in [2.45, 2.75) is 19.6 Å². The number of aromatic nitrogens is 2. The van der Waals surface area contributed by atoms with Gasteiger partial charge in [-0.2, -0.15) is 0 Å². The predicted octanol–water partition coefficient (Wildman–Crippen LogP) is 4.44. The van der Waals surface area contributed by atoms with Gasteiger partial charge in [-0.1, -0.05) is 35.3 Å². The third-order valence-electron chi connectivity index (χ3n) is 3.81. The van der Waals surface area contributed by atoms with Crippen LogP contribution in [0.1, 0.15) is 17.0 Å². The Kier molecular flexibility index (Phi) is 5.88. The molecule has 0 unspecified atom stereocenters. The molecule has 1 aromatic heterocycles. The van der Waals surface area contributed by atoms with E-state index < -0.39 is 4.92 Å². The molecule has 0 saturated carbocycles. The lowest BCUT2D eigenvalue weighted by Gasteiger charge is -2.10. The first-order chi connectivity index (χ1) is 12.5. The fourth-order valence-corrected chi connectivity index (χ4v) is 3.22. The molecule has 0 aliphatic heterocycles. The predicted molar refractivity (Wildman–Crippen MR) is 101 cm³/mol. The van der Waals surface area contributed by atoms with Crippen molar-refractivity contribution < 1.29 is 4.92 Å². The molecule has 0 atom stereocenters. The van der Waals surface area contributed by atoms with Crippen LogP contribution in [0, 0.1) is 10.1 Å². The molecule has 8 heteroatoms. The van der Waals surface area contributed by atoms with Gasteiger partial charge in [0, 0.05) is 47.7 Å². The van der Waals surface area contributed by atoms with Crippen LogP contribution in [-0.4, -0.2) is 14.5 Å². The summed E-state index contributed by atoms with van der Waals surface area (Å²) in [5.74, 6) is 0.853. The summed E-state index contributed by atoms with van der Waals surface area (Å²) in [5, 5.41) is 15.3. The molecule has 0 spiro atoms. The molecular weight excluding hydrogens is 375 g/mol. The molecule has 0 amide bonds. The lowest BCUT2D eigenvalue weighted by molar-refractivity contribution is -0.384. The van der Waals surface area contributed by atoms with E-state index in [0.717, 1.165) is 17.0 Å². The minimum Gasteiger partial charge on any atom is -0.329 e. The largest absolute Gasteiger partial charge is 0.329 e. The summed E-state index contributed by atoms with van der Waals surface area (Å²) in [4.78, 5) is 14.8. The van der Waals surface area contributed by atoms with Crippen molar-refractivity contribution in [3.05, 3.63) is 92.0 Å².